The van der Waals surface area contributed by atoms with E-state index in [1.165, 1.54) is 4.88 Å². The monoisotopic (exact) mass is 256 g/mol. The van der Waals surface area contributed by atoms with Gasteiger partial charge in [0.15, 0.2) is 0 Å². The molecule has 0 aliphatic rings. The molecule has 0 bridgehead atoms. The third kappa shape index (κ3) is 2.04. The highest BCUT2D eigenvalue weighted by Crippen LogP contribution is 2.27. The van der Waals surface area contributed by atoms with Crippen LogP contribution in [0.2, 0.25) is 0 Å². The van der Waals surface area contributed by atoms with Crippen molar-refractivity contribution in [2.24, 2.45) is 0 Å². The van der Waals surface area contributed by atoms with Gasteiger partial charge in [0.25, 0.3) is 0 Å². The Morgan fingerprint density at radius 2 is 2.22 bits per heavy atom. The maximum Gasteiger partial charge on any atom is 0.136 e. The zero-order valence-electron chi connectivity index (χ0n) is 9.92. The molecule has 3 heterocycles. The number of hydrogen-bond donors (Lipinski definition) is 1. The van der Waals surface area contributed by atoms with Crippen molar-refractivity contribution in [2.45, 2.75) is 13.3 Å². The second kappa shape index (κ2) is 4.34. The van der Waals surface area contributed by atoms with E-state index >= 15 is 0 Å². The second-order valence-electron chi connectivity index (χ2n) is 4.14. The maximum absolute atomic E-state index is 5.96. The molecule has 0 saturated heterocycles. The highest BCUT2D eigenvalue weighted by molar-refractivity contribution is 7.18. The molecule has 0 amide bonds. The van der Waals surface area contributed by atoms with Gasteiger partial charge in [-0.2, -0.15) is 0 Å². The number of anilines is 1. The van der Waals surface area contributed by atoms with Crippen LogP contribution in [0.1, 0.15) is 16.3 Å². The third-order valence-corrected chi connectivity index (χ3v) is 3.62. The lowest BCUT2D eigenvalue weighted by atomic mass is 10.2. The van der Waals surface area contributed by atoms with Crippen LogP contribution in [-0.2, 0) is 6.42 Å². The fourth-order valence-electron chi connectivity index (χ4n) is 1.87. The highest BCUT2D eigenvalue weighted by atomic mass is 32.1. The first-order valence-corrected chi connectivity index (χ1v) is 6.45. The van der Waals surface area contributed by atoms with E-state index in [-0.39, 0.29) is 0 Å². The molecule has 3 aromatic heterocycles. The number of thiophene rings is 1. The van der Waals surface area contributed by atoms with Gasteiger partial charge in [-0.15, -0.1) is 11.3 Å². The topological polar surface area (TPSA) is 64.7 Å². The summed E-state index contributed by atoms with van der Waals surface area (Å²) < 4.78 is 0. The molecule has 0 unspecified atom stereocenters. The number of aryl methyl sites for hydroxylation is 1. The number of nitrogen functional groups attached to an aromatic ring is 1. The minimum atomic E-state index is 0.559. The van der Waals surface area contributed by atoms with Gasteiger partial charge in [-0.05, 0) is 24.6 Å². The average molecular weight is 256 g/mol. The van der Waals surface area contributed by atoms with Crippen LogP contribution < -0.4 is 5.73 Å². The van der Waals surface area contributed by atoms with E-state index in [4.69, 9.17) is 5.73 Å². The van der Waals surface area contributed by atoms with Crippen molar-refractivity contribution < 1.29 is 0 Å². The van der Waals surface area contributed by atoms with Gasteiger partial charge >= 0.3 is 0 Å². The van der Waals surface area contributed by atoms with Gasteiger partial charge in [0, 0.05) is 23.7 Å². The first-order valence-electron chi connectivity index (χ1n) is 5.64. The van der Waals surface area contributed by atoms with Crippen LogP contribution in [0.5, 0.6) is 0 Å². The quantitative estimate of drug-likeness (QED) is 0.765. The van der Waals surface area contributed by atoms with E-state index in [9.17, 15) is 0 Å². The lowest BCUT2D eigenvalue weighted by molar-refractivity contribution is 0.992. The van der Waals surface area contributed by atoms with E-state index in [1.54, 1.807) is 17.5 Å². The molecule has 0 spiro atoms. The van der Waals surface area contributed by atoms with Gasteiger partial charge in [0.1, 0.15) is 16.5 Å². The van der Waals surface area contributed by atoms with Gasteiger partial charge in [-0.3, -0.25) is 4.98 Å². The molecule has 3 rings (SSSR count). The van der Waals surface area contributed by atoms with Crippen molar-refractivity contribution in [3.8, 4) is 0 Å². The molecule has 4 nitrogen and oxygen atoms in total. The minimum absolute atomic E-state index is 0.559. The van der Waals surface area contributed by atoms with Crippen LogP contribution in [0.15, 0.2) is 30.6 Å². The summed E-state index contributed by atoms with van der Waals surface area (Å²) in [6.45, 7) is 2.05. The third-order valence-electron chi connectivity index (χ3n) is 2.68. The Labute approximate surface area is 109 Å². The molecular weight excluding hydrogens is 244 g/mol. The van der Waals surface area contributed by atoms with Crippen LogP contribution in [0, 0.1) is 6.92 Å². The molecule has 2 N–H and O–H groups in total. The standard InChI is InChI=1S/C13H12N4S/c1-8-5-10-12(14)16-11(17-13(10)18-8)6-9-3-2-4-15-7-9/h2-5,7H,6H2,1H3,(H2,14,16,17). The summed E-state index contributed by atoms with van der Waals surface area (Å²) in [4.78, 5) is 15.1. The normalized spacial score (nSPS) is 10.9. The molecule has 0 saturated carbocycles. The van der Waals surface area contributed by atoms with Crippen molar-refractivity contribution in [1.82, 2.24) is 15.0 Å². The number of fused-ring (bicyclic) bond motifs is 1. The molecule has 0 aliphatic carbocycles. The smallest absolute Gasteiger partial charge is 0.136 e. The summed E-state index contributed by atoms with van der Waals surface area (Å²) >= 11 is 1.64. The SMILES string of the molecule is Cc1cc2c(N)nc(Cc3cccnc3)nc2s1. The molecule has 0 atom stereocenters. The lowest BCUT2D eigenvalue weighted by Crippen LogP contribution is -2.00. The Morgan fingerprint density at radius 1 is 1.33 bits per heavy atom. The second-order valence-corrected chi connectivity index (χ2v) is 5.37. The van der Waals surface area contributed by atoms with E-state index in [0.29, 0.717) is 12.2 Å². The minimum Gasteiger partial charge on any atom is -0.383 e. The fraction of sp³-hybridized carbons (Fsp3) is 0.154. The maximum atomic E-state index is 5.96. The van der Waals surface area contributed by atoms with Crippen LogP contribution in [0.25, 0.3) is 10.2 Å². The van der Waals surface area contributed by atoms with Crippen molar-refractivity contribution in [1.29, 1.82) is 0 Å². The van der Waals surface area contributed by atoms with Crippen molar-refractivity contribution >= 4 is 27.4 Å². The number of aromatic nitrogens is 3. The van der Waals surface area contributed by atoms with E-state index in [2.05, 4.69) is 15.0 Å². The number of hydrogen-bond acceptors (Lipinski definition) is 5. The Hall–Kier alpha value is -2.01. The molecule has 0 radical (unpaired) electrons. The molecule has 0 aliphatic heterocycles. The summed E-state index contributed by atoms with van der Waals surface area (Å²) in [6.07, 6.45) is 4.24. The van der Waals surface area contributed by atoms with Crippen LogP contribution >= 0.6 is 11.3 Å². The number of nitrogens with zero attached hydrogens (tertiary/aromatic N) is 3. The Kier molecular flexibility index (Phi) is 2.68. The lowest BCUT2D eigenvalue weighted by Gasteiger charge is -2.02. The summed E-state index contributed by atoms with van der Waals surface area (Å²) in [5.41, 5.74) is 7.05. The van der Waals surface area contributed by atoms with Crippen LogP contribution in [-0.4, -0.2) is 15.0 Å². The zero-order valence-corrected chi connectivity index (χ0v) is 10.7. The number of pyridine rings is 1. The van der Waals surface area contributed by atoms with E-state index < -0.39 is 0 Å². The molecule has 0 aromatic carbocycles. The van der Waals surface area contributed by atoms with Crippen molar-refractivity contribution in [3.05, 3.63) is 46.9 Å². The van der Waals surface area contributed by atoms with E-state index in [0.717, 1.165) is 21.6 Å². The zero-order chi connectivity index (χ0) is 12.5. The van der Waals surface area contributed by atoms with Crippen molar-refractivity contribution in [2.75, 3.05) is 5.73 Å². The average Bonchev–Trinajstić information content (AvgIpc) is 2.72. The largest absolute Gasteiger partial charge is 0.383 e. The summed E-state index contributed by atoms with van der Waals surface area (Å²) in [5, 5.41) is 0.951. The van der Waals surface area contributed by atoms with Crippen LogP contribution in [0.4, 0.5) is 5.82 Å². The molecule has 5 heteroatoms. The Balaban J connectivity index is 2.02. The van der Waals surface area contributed by atoms with Gasteiger partial charge in [-0.1, -0.05) is 6.07 Å². The van der Waals surface area contributed by atoms with Gasteiger partial charge in [0.05, 0.1) is 5.39 Å². The molecule has 18 heavy (non-hydrogen) atoms. The summed E-state index contributed by atoms with van der Waals surface area (Å²) in [5.74, 6) is 1.30. The Morgan fingerprint density at radius 3 is 3.00 bits per heavy atom. The van der Waals surface area contributed by atoms with Gasteiger partial charge in [0.2, 0.25) is 0 Å². The predicted molar refractivity (Wildman–Crippen MR) is 73.6 cm³/mol. The molecular formula is C13H12N4S. The summed E-state index contributed by atoms with van der Waals surface area (Å²) in [6, 6.07) is 5.95. The summed E-state index contributed by atoms with van der Waals surface area (Å²) in [7, 11) is 0. The first-order chi connectivity index (χ1) is 8.72. The van der Waals surface area contributed by atoms with Gasteiger partial charge < -0.3 is 5.73 Å². The fourth-order valence-corrected chi connectivity index (χ4v) is 2.78. The van der Waals surface area contributed by atoms with E-state index in [1.807, 2.05) is 31.3 Å². The van der Waals surface area contributed by atoms with Crippen LogP contribution in [0.3, 0.4) is 0 Å². The number of rotatable bonds is 2. The highest BCUT2D eigenvalue weighted by Gasteiger charge is 2.08. The van der Waals surface area contributed by atoms with Gasteiger partial charge in [-0.25, -0.2) is 9.97 Å². The molecule has 0 fully saturated rings. The predicted octanol–water partition coefficient (Wildman–Crippen LogP) is 2.57. The molecule has 90 valence electrons. The first kappa shape index (κ1) is 11.1. The van der Waals surface area contributed by atoms with Crippen molar-refractivity contribution in [3.63, 3.8) is 0 Å². The number of nitrogens with two attached hydrogens (primary N) is 1. The Bertz CT molecular complexity index is 691. The molecule has 3 aromatic rings.